The van der Waals surface area contributed by atoms with Gasteiger partial charge in [0.05, 0.1) is 0 Å². The van der Waals surface area contributed by atoms with Crippen molar-refractivity contribution >= 4 is 17.7 Å². The number of halogens is 2. The number of carbonyl (C=O) groups excluding carboxylic acids is 3. The predicted octanol–water partition coefficient (Wildman–Crippen LogP) is 1.70. The number of rotatable bonds is 5. The van der Waals surface area contributed by atoms with Crippen molar-refractivity contribution < 1.29 is 23.2 Å². The number of carbonyl (C=O) groups is 3. The fourth-order valence-electron chi connectivity index (χ4n) is 3.20. The summed E-state index contributed by atoms with van der Waals surface area (Å²) in [4.78, 5) is 38.5. The van der Waals surface area contributed by atoms with Gasteiger partial charge in [0, 0.05) is 26.1 Å². The lowest BCUT2D eigenvalue weighted by Crippen LogP contribution is -2.53. The normalized spacial score (nSPS) is 16.1. The third kappa shape index (κ3) is 4.81. The molecule has 1 aliphatic heterocycles. The number of hydrogen-bond acceptors (Lipinski definition) is 3. The highest BCUT2D eigenvalue weighted by Gasteiger charge is 2.33. The molecular formula is C19H25F2N3O3. The summed E-state index contributed by atoms with van der Waals surface area (Å²) in [6.45, 7) is 4.28. The van der Waals surface area contributed by atoms with Gasteiger partial charge in [-0.1, -0.05) is 19.9 Å². The molecule has 2 N–H and O–H groups in total. The van der Waals surface area contributed by atoms with Gasteiger partial charge >= 0.3 is 0 Å². The molecule has 0 radical (unpaired) electrons. The molecule has 6 nitrogen and oxygen atoms in total. The van der Waals surface area contributed by atoms with E-state index in [9.17, 15) is 23.2 Å². The van der Waals surface area contributed by atoms with Crippen LogP contribution in [-0.2, 0) is 9.59 Å². The number of likely N-dealkylation sites (tertiary alicyclic amines) is 1. The van der Waals surface area contributed by atoms with Crippen LogP contribution in [0.15, 0.2) is 18.2 Å². The minimum Gasteiger partial charge on any atom is -0.359 e. The summed E-state index contributed by atoms with van der Waals surface area (Å²) in [5, 5.41) is 5.07. The maximum absolute atomic E-state index is 13.8. The molecular weight excluding hydrogens is 356 g/mol. The number of nitrogens with one attached hydrogen (secondary N) is 2. The molecule has 0 bridgehead atoms. The van der Waals surface area contributed by atoms with E-state index in [4.69, 9.17) is 0 Å². The molecule has 1 aliphatic rings. The summed E-state index contributed by atoms with van der Waals surface area (Å²) in [5.74, 6) is -3.69. The summed E-state index contributed by atoms with van der Waals surface area (Å²) >= 11 is 0. The minimum absolute atomic E-state index is 0.0501. The molecule has 0 aromatic heterocycles. The quantitative estimate of drug-likeness (QED) is 0.815. The molecule has 0 saturated carbocycles. The molecule has 3 amide bonds. The average Bonchev–Trinajstić information content (AvgIpc) is 2.64. The van der Waals surface area contributed by atoms with Crippen LogP contribution in [0.3, 0.4) is 0 Å². The lowest BCUT2D eigenvalue weighted by Gasteiger charge is -2.34. The first-order valence-corrected chi connectivity index (χ1v) is 9.01. The van der Waals surface area contributed by atoms with Crippen LogP contribution in [0.5, 0.6) is 0 Å². The maximum atomic E-state index is 13.8. The highest BCUT2D eigenvalue weighted by atomic mass is 19.1. The maximum Gasteiger partial charge on any atom is 0.257 e. The van der Waals surface area contributed by atoms with Crippen molar-refractivity contribution in [3.8, 4) is 0 Å². The van der Waals surface area contributed by atoms with Crippen molar-refractivity contribution in [2.45, 2.75) is 32.7 Å². The van der Waals surface area contributed by atoms with Gasteiger partial charge in [-0.3, -0.25) is 14.4 Å². The fourth-order valence-corrected chi connectivity index (χ4v) is 3.20. The van der Waals surface area contributed by atoms with E-state index in [-0.39, 0.29) is 23.7 Å². The monoisotopic (exact) mass is 381 g/mol. The zero-order chi connectivity index (χ0) is 20.1. The largest absolute Gasteiger partial charge is 0.359 e. The van der Waals surface area contributed by atoms with Gasteiger partial charge in [0.25, 0.3) is 5.91 Å². The van der Waals surface area contributed by atoms with Gasteiger partial charge < -0.3 is 15.5 Å². The minimum atomic E-state index is -0.978. The van der Waals surface area contributed by atoms with Crippen molar-refractivity contribution in [3.05, 3.63) is 35.4 Å². The van der Waals surface area contributed by atoms with E-state index in [0.717, 1.165) is 12.1 Å². The summed E-state index contributed by atoms with van der Waals surface area (Å²) in [5.41, 5.74) is -0.700. The predicted molar refractivity (Wildman–Crippen MR) is 95.8 cm³/mol. The zero-order valence-electron chi connectivity index (χ0n) is 15.7. The van der Waals surface area contributed by atoms with Crippen LogP contribution in [0.25, 0.3) is 0 Å². The second-order valence-electron chi connectivity index (χ2n) is 7.01. The molecule has 0 spiro atoms. The van der Waals surface area contributed by atoms with E-state index in [2.05, 4.69) is 10.6 Å². The van der Waals surface area contributed by atoms with Crippen LogP contribution < -0.4 is 10.6 Å². The van der Waals surface area contributed by atoms with Gasteiger partial charge in [-0.15, -0.1) is 0 Å². The Hall–Kier alpha value is -2.51. The van der Waals surface area contributed by atoms with Crippen LogP contribution in [0.4, 0.5) is 8.78 Å². The van der Waals surface area contributed by atoms with E-state index in [1.54, 1.807) is 25.8 Å². The van der Waals surface area contributed by atoms with Gasteiger partial charge in [0.15, 0.2) is 0 Å². The Balaban J connectivity index is 2.08. The number of hydrogen-bond donors (Lipinski definition) is 2. The van der Waals surface area contributed by atoms with Crippen molar-refractivity contribution in [1.29, 1.82) is 0 Å². The Labute approximate surface area is 157 Å². The highest BCUT2D eigenvalue weighted by Crippen LogP contribution is 2.20. The van der Waals surface area contributed by atoms with E-state index < -0.39 is 29.1 Å². The number of piperidine rings is 1. The van der Waals surface area contributed by atoms with Crippen LogP contribution in [0, 0.1) is 23.5 Å². The highest BCUT2D eigenvalue weighted by molar-refractivity contribution is 5.98. The van der Waals surface area contributed by atoms with Gasteiger partial charge in [-0.2, -0.15) is 0 Å². The second-order valence-corrected chi connectivity index (χ2v) is 7.01. The van der Waals surface area contributed by atoms with Crippen molar-refractivity contribution in [3.63, 3.8) is 0 Å². The van der Waals surface area contributed by atoms with Crippen molar-refractivity contribution in [1.82, 2.24) is 15.5 Å². The smallest absolute Gasteiger partial charge is 0.257 e. The molecule has 1 fully saturated rings. The molecule has 2 rings (SSSR count). The van der Waals surface area contributed by atoms with Crippen molar-refractivity contribution in [2.24, 2.45) is 11.8 Å². The van der Waals surface area contributed by atoms with Crippen LogP contribution in [0.1, 0.15) is 37.0 Å². The molecule has 1 atom stereocenters. The molecule has 1 aromatic rings. The van der Waals surface area contributed by atoms with Gasteiger partial charge in [0.1, 0.15) is 23.2 Å². The van der Waals surface area contributed by atoms with E-state index in [1.165, 1.54) is 6.07 Å². The first kappa shape index (κ1) is 20.8. The molecule has 0 aliphatic carbocycles. The molecule has 27 heavy (non-hydrogen) atoms. The molecule has 1 saturated heterocycles. The Morgan fingerprint density at radius 2 is 1.67 bits per heavy atom. The van der Waals surface area contributed by atoms with Crippen LogP contribution in [-0.4, -0.2) is 48.8 Å². The Kier molecular flexibility index (Phi) is 6.87. The topological polar surface area (TPSA) is 78.5 Å². The van der Waals surface area contributed by atoms with E-state index in [1.807, 2.05) is 0 Å². The lowest BCUT2D eigenvalue weighted by molar-refractivity contribution is -0.138. The number of benzene rings is 1. The summed E-state index contributed by atoms with van der Waals surface area (Å²) in [6.07, 6.45) is 1.07. The molecule has 8 heteroatoms. The van der Waals surface area contributed by atoms with Crippen molar-refractivity contribution in [2.75, 3.05) is 20.1 Å². The third-order valence-electron chi connectivity index (χ3n) is 4.83. The van der Waals surface area contributed by atoms with E-state index >= 15 is 0 Å². The third-order valence-corrected chi connectivity index (χ3v) is 4.83. The summed E-state index contributed by atoms with van der Waals surface area (Å²) in [7, 11) is 1.58. The van der Waals surface area contributed by atoms with Gasteiger partial charge in [-0.05, 0) is 30.9 Å². The molecule has 1 aromatic carbocycles. The zero-order valence-corrected chi connectivity index (χ0v) is 15.7. The van der Waals surface area contributed by atoms with E-state index in [0.29, 0.717) is 25.9 Å². The summed E-state index contributed by atoms with van der Waals surface area (Å²) < 4.78 is 27.7. The second kappa shape index (κ2) is 8.92. The Bertz CT molecular complexity index is 696. The average molecular weight is 381 g/mol. The van der Waals surface area contributed by atoms with Crippen LogP contribution in [0.2, 0.25) is 0 Å². The molecule has 148 valence electrons. The lowest BCUT2D eigenvalue weighted by atomic mass is 9.94. The first-order chi connectivity index (χ1) is 12.8. The molecule has 0 unspecified atom stereocenters. The number of nitrogens with zero attached hydrogens (tertiary/aromatic N) is 1. The number of amides is 3. The fraction of sp³-hybridized carbons (Fsp3) is 0.526. The Morgan fingerprint density at radius 3 is 2.15 bits per heavy atom. The van der Waals surface area contributed by atoms with Crippen LogP contribution >= 0.6 is 0 Å². The first-order valence-electron chi connectivity index (χ1n) is 9.01. The SMILES string of the molecule is CNC(=O)C1CCN(C(=O)[C@@H](NC(=O)c2c(F)cccc2F)C(C)C)CC1. The summed E-state index contributed by atoms with van der Waals surface area (Å²) in [6, 6.07) is 2.25. The Morgan fingerprint density at radius 1 is 1.11 bits per heavy atom. The molecule has 1 heterocycles. The standard InChI is InChI=1S/C19H25F2N3O3/c1-11(2)16(23-18(26)15-13(20)5-4-6-14(15)21)19(27)24-9-7-12(8-10-24)17(25)22-3/h4-6,11-12,16H,7-10H2,1-3H3,(H,22,25)(H,23,26)/t16-/m0/s1. The van der Waals surface area contributed by atoms with Gasteiger partial charge in [0.2, 0.25) is 11.8 Å². The van der Waals surface area contributed by atoms with Gasteiger partial charge in [-0.25, -0.2) is 8.78 Å².